The summed E-state index contributed by atoms with van der Waals surface area (Å²) in [4.78, 5) is 0. The van der Waals surface area contributed by atoms with E-state index in [0.29, 0.717) is 0 Å². The van der Waals surface area contributed by atoms with Crippen molar-refractivity contribution in [3.05, 3.63) is 131 Å². The van der Waals surface area contributed by atoms with Gasteiger partial charge in [-0.05, 0) is 41.3 Å². The second-order valence-electron chi connectivity index (χ2n) is 7.37. The highest BCUT2D eigenvalue weighted by Crippen LogP contribution is 2.56. The van der Waals surface area contributed by atoms with Crippen LogP contribution < -0.4 is 10.6 Å². The molecule has 1 atom stereocenters. The summed E-state index contributed by atoms with van der Waals surface area (Å²) < 4.78 is 5.86. The predicted molar refractivity (Wildman–Crippen MR) is 129 cm³/mol. The summed E-state index contributed by atoms with van der Waals surface area (Å²) in [6.07, 6.45) is 2.19. The van der Waals surface area contributed by atoms with E-state index >= 15 is 0 Å². The monoisotopic (exact) mass is 406 g/mol. The van der Waals surface area contributed by atoms with Gasteiger partial charge in [-0.3, -0.25) is 0 Å². The Labute approximate surface area is 179 Å². The lowest BCUT2D eigenvalue weighted by atomic mass is 9.99. The van der Waals surface area contributed by atoms with Gasteiger partial charge < -0.3 is 4.74 Å². The van der Waals surface area contributed by atoms with Crippen LogP contribution in [0.4, 0.5) is 0 Å². The molecule has 0 bridgehead atoms. The molecule has 0 saturated carbocycles. The Morgan fingerprint density at radius 2 is 1.13 bits per heavy atom. The molecule has 0 fully saturated rings. The Balaban J connectivity index is 1.83. The van der Waals surface area contributed by atoms with Crippen LogP contribution in [0, 0.1) is 0 Å². The highest BCUT2D eigenvalue weighted by molar-refractivity contribution is 7.73. The lowest BCUT2D eigenvalue weighted by Crippen LogP contribution is -2.18. The minimum absolute atomic E-state index is 0.237. The molecule has 1 aliphatic rings. The van der Waals surface area contributed by atoms with Gasteiger partial charge in [0.2, 0.25) is 0 Å². The molecule has 0 saturated heterocycles. The van der Waals surface area contributed by atoms with Crippen LogP contribution in [0.2, 0.25) is 0 Å². The van der Waals surface area contributed by atoms with Gasteiger partial charge in [-0.2, -0.15) is 0 Å². The third-order valence-electron chi connectivity index (χ3n) is 5.64. The molecule has 0 radical (unpaired) electrons. The van der Waals surface area contributed by atoms with Crippen LogP contribution in [0.25, 0.3) is 11.8 Å². The molecule has 0 aromatic heterocycles. The maximum atomic E-state index is 5.86. The van der Waals surface area contributed by atoms with Gasteiger partial charge in [0.05, 0.1) is 7.11 Å². The zero-order chi connectivity index (χ0) is 20.3. The Morgan fingerprint density at radius 1 is 0.600 bits per heavy atom. The second-order valence-corrected chi connectivity index (χ2v) is 9.66. The number of ether oxygens (including phenoxy) is 1. The molecular weight excluding hydrogens is 383 g/mol. The zero-order valence-electron chi connectivity index (χ0n) is 16.9. The average Bonchev–Trinajstić information content (AvgIpc) is 2.96. The third-order valence-corrected chi connectivity index (χ3v) is 8.43. The van der Waals surface area contributed by atoms with Crippen molar-refractivity contribution in [2.45, 2.75) is 5.66 Å². The second kappa shape index (κ2) is 8.30. The molecule has 1 aliphatic carbocycles. The fourth-order valence-corrected chi connectivity index (χ4v) is 7.21. The molecule has 1 nitrogen and oxygen atoms in total. The molecule has 0 aliphatic heterocycles. The fourth-order valence-electron chi connectivity index (χ4n) is 4.31. The van der Waals surface area contributed by atoms with Crippen molar-refractivity contribution in [3.8, 4) is 0 Å². The molecule has 0 heterocycles. The zero-order valence-corrected chi connectivity index (χ0v) is 17.8. The van der Waals surface area contributed by atoms with Crippen LogP contribution in [-0.2, 0) is 4.74 Å². The average molecular weight is 406 g/mol. The normalized spacial score (nSPS) is 15.0. The van der Waals surface area contributed by atoms with E-state index in [4.69, 9.17) is 4.74 Å². The van der Waals surface area contributed by atoms with Crippen molar-refractivity contribution in [1.29, 1.82) is 0 Å². The summed E-state index contributed by atoms with van der Waals surface area (Å²) in [5.41, 5.74) is 5.33. The molecular formula is C28H23OP. The summed E-state index contributed by atoms with van der Waals surface area (Å²) >= 11 is 0. The van der Waals surface area contributed by atoms with E-state index in [9.17, 15) is 0 Å². The van der Waals surface area contributed by atoms with E-state index in [1.165, 1.54) is 32.9 Å². The molecule has 0 N–H and O–H groups in total. The van der Waals surface area contributed by atoms with Crippen molar-refractivity contribution < 1.29 is 4.74 Å². The summed E-state index contributed by atoms with van der Waals surface area (Å²) in [5.74, 6) is 0.927. The number of fused-ring (bicyclic) bond motifs is 2. The standard InChI is InChI=1S/C28H23OP/c1-29-27-20-21-12-8-9-17-24(21)28(26-19-11-10-18-25(26)27)30(22-13-4-2-5-14-22)23-15-6-3-7-16-23/h2-20,28H,1H3/t28-/m0/s1. The van der Waals surface area contributed by atoms with Gasteiger partial charge in [0.15, 0.2) is 0 Å². The molecule has 30 heavy (non-hydrogen) atoms. The Bertz CT molecular complexity index is 1140. The van der Waals surface area contributed by atoms with E-state index in [2.05, 4.69) is 115 Å². The van der Waals surface area contributed by atoms with Crippen LogP contribution in [0.1, 0.15) is 27.9 Å². The molecule has 0 unspecified atom stereocenters. The molecule has 2 heteroatoms. The van der Waals surface area contributed by atoms with Crippen molar-refractivity contribution in [2.24, 2.45) is 0 Å². The van der Waals surface area contributed by atoms with Crippen LogP contribution >= 0.6 is 7.92 Å². The van der Waals surface area contributed by atoms with Crippen molar-refractivity contribution >= 4 is 30.4 Å². The van der Waals surface area contributed by atoms with E-state index < -0.39 is 7.92 Å². The first-order valence-corrected chi connectivity index (χ1v) is 11.6. The Morgan fingerprint density at radius 3 is 1.77 bits per heavy atom. The van der Waals surface area contributed by atoms with Crippen LogP contribution in [0.15, 0.2) is 109 Å². The van der Waals surface area contributed by atoms with Crippen LogP contribution in [-0.4, -0.2) is 7.11 Å². The third kappa shape index (κ3) is 3.36. The Kier molecular flexibility index (Phi) is 5.22. The number of benzene rings is 4. The molecule has 5 rings (SSSR count). The maximum Gasteiger partial charge on any atom is 0.126 e. The topological polar surface area (TPSA) is 9.23 Å². The highest BCUT2D eigenvalue weighted by atomic mass is 31.1. The first-order valence-electron chi connectivity index (χ1n) is 10.2. The molecule has 0 spiro atoms. The summed E-state index contributed by atoms with van der Waals surface area (Å²) in [7, 11) is 1.09. The minimum Gasteiger partial charge on any atom is -0.496 e. The number of hydrogen-bond donors (Lipinski definition) is 0. The van der Waals surface area contributed by atoms with E-state index in [1.807, 2.05) is 0 Å². The van der Waals surface area contributed by atoms with Gasteiger partial charge in [0, 0.05) is 11.2 Å². The summed E-state index contributed by atoms with van der Waals surface area (Å²) in [6, 6.07) is 39.4. The van der Waals surface area contributed by atoms with Crippen molar-refractivity contribution in [3.63, 3.8) is 0 Å². The molecule has 4 aromatic rings. The van der Waals surface area contributed by atoms with Gasteiger partial charge in [-0.1, -0.05) is 109 Å². The van der Waals surface area contributed by atoms with Crippen LogP contribution in [0.5, 0.6) is 0 Å². The largest absolute Gasteiger partial charge is 0.496 e. The Hall–Kier alpha value is -3.15. The lowest BCUT2D eigenvalue weighted by Gasteiger charge is -2.31. The van der Waals surface area contributed by atoms with Gasteiger partial charge in [-0.15, -0.1) is 0 Å². The van der Waals surface area contributed by atoms with Gasteiger partial charge in [0.1, 0.15) is 5.76 Å². The summed E-state index contributed by atoms with van der Waals surface area (Å²) in [5, 5.41) is 2.77. The van der Waals surface area contributed by atoms with Crippen LogP contribution in [0.3, 0.4) is 0 Å². The first-order chi connectivity index (χ1) is 14.9. The lowest BCUT2D eigenvalue weighted by molar-refractivity contribution is 0.372. The van der Waals surface area contributed by atoms with Gasteiger partial charge in [-0.25, -0.2) is 0 Å². The molecule has 146 valence electrons. The minimum atomic E-state index is -0.672. The van der Waals surface area contributed by atoms with Gasteiger partial charge >= 0.3 is 0 Å². The quantitative estimate of drug-likeness (QED) is 0.358. The highest BCUT2D eigenvalue weighted by Gasteiger charge is 2.33. The molecule has 0 amide bonds. The van der Waals surface area contributed by atoms with Crippen molar-refractivity contribution in [1.82, 2.24) is 0 Å². The number of methoxy groups -OCH3 is 1. The predicted octanol–water partition coefficient (Wildman–Crippen LogP) is 6.37. The molecule has 4 aromatic carbocycles. The van der Waals surface area contributed by atoms with Gasteiger partial charge in [0.25, 0.3) is 0 Å². The number of rotatable bonds is 4. The smallest absolute Gasteiger partial charge is 0.126 e. The van der Waals surface area contributed by atoms with E-state index in [0.717, 1.165) is 5.76 Å². The number of hydrogen-bond acceptors (Lipinski definition) is 1. The fraction of sp³-hybridized carbons (Fsp3) is 0.0714. The first kappa shape index (κ1) is 18.9. The van der Waals surface area contributed by atoms with Crippen molar-refractivity contribution in [2.75, 3.05) is 7.11 Å². The SMILES string of the molecule is COC1=Cc2ccccc2[C@H](P(c2ccccc2)c2ccccc2)c2ccccc21. The maximum absolute atomic E-state index is 5.86. The van der Waals surface area contributed by atoms with E-state index in [-0.39, 0.29) is 5.66 Å². The summed E-state index contributed by atoms with van der Waals surface area (Å²) in [6.45, 7) is 0. The van der Waals surface area contributed by atoms with E-state index in [1.54, 1.807) is 7.11 Å².